The van der Waals surface area contributed by atoms with E-state index in [1.807, 2.05) is 11.8 Å². The van der Waals surface area contributed by atoms with Crippen LogP contribution in [-0.4, -0.2) is 30.5 Å². The summed E-state index contributed by atoms with van der Waals surface area (Å²) in [5.74, 6) is -0.248. The van der Waals surface area contributed by atoms with Crippen LogP contribution in [0.2, 0.25) is 0 Å². The Hall–Kier alpha value is -2.11. The number of anilines is 1. The molecule has 0 aliphatic carbocycles. The lowest BCUT2D eigenvalue weighted by atomic mass is 10.1. The molecule has 1 amide bonds. The number of hydrogen-bond acceptors (Lipinski definition) is 4. The van der Waals surface area contributed by atoms with Crippen LogP contribution in [0.15, 0.2) is 18.2 Å². The van der Waals surface area contributed by atoms with Gasteiger partial charge in [-0.1, -0.05) is 13.3 Å². The standard InChI is InChI=1S/C16H23N3O3/c1-2-3-9-17-16(20)13-7-8-14(15(12-13)19(21)22)18-10-5-4-6-11-18/h7-8,12H,2-6,9-11H2,1H3,(H,17,20). The van der Waals surface area contributed by atoms with Gasteiger partial charge in [-0.2, -0.15) is 0 Å². The number of carbonyl (C=O) groups excluding carboxylic acids is 1. The molecule has 1 aromatic carbocycles. The molecule has 1 aliphatic heterocycles. The van der Waals surface area contributed by atoms with Crippen molar-refractivity contribution >= 4 is 17.3 Å². The van der Waals surface area contributed by atoms with Gasteiger partial charge in [0.25, 0.3) is 11.6 Å². The van der Waals surface area contributed by atoms with Crippen LogP contribution in [0.4, 0.5) is 11.4 Å². The van der Waals surface area contributed by atoms with E-state index in [9.17, 15) is 14.9 Å². The molecular weight excluding hydrogens is 282 g/mol. The molecule has 1 aromatic rings. The second kappa shape index (κ2) is 7.77. The first-order valence-corrected chi connectivity index (χ1v) is 7.95. The number of nitrogens with zero attached hydrogens (tertiary/aromatic N) is 2. The molecule has 0 aromatic heterocycles. The van der Waals surface area contributed by atoms with Crippen molar-refractivity contribution in [2.24, 2.45) is 0 Å². The monoisotopic (exact) mass is 305 g/mol. The molecule has 0 bridgehead atoms. The summed E-state index contributed by atoms with van der Waals surface area (Å²) in [7, 11) is 0. The zero-order valence-corrected chi connectivity index (χ0v) is 13.0. The smallest absolute Gasteiger partial charge is 0.293 e. The molecule has 0 spiro atoms. The molecule has 1 fully saturated rings. The number of rotatable bonds is 6. The summed E-state index contributed by atoms with van der Waals surface area (Å²) in [4.78, 5) is 25.0. The maximum Gasteiger partial charge on any atom is 0.293 e. The highest BCUT2D eigenvalue weighted by molar-refractivity contribution is 5.95. The molecule has 2 rings (SSSR count). The van der Waals surface area contributed by atoms with E-state index >= 15 is 0 Å². The van der Waals surface area contributed by atoms with E-state index in [4.69, 9.17) is 0 Å². The Bertz CT molecular complexity index is 539. The normalized spacial score (nSPS) is 14.7. The summed E-state index contributed by atoms with van der Waals surface area (Å²) in [6.07, 6.45) is 5.17. The topological polar surface area (TPSA) is 75.5 Å². The Morgan fingerprint density at radius 3 is 2.68 bits per heavy atom. The summed E-state index contributed by atoms with van der Waals surface area (Å²) in [6.45, 7) is 4.31. The number of nitro benzene ring substituents is 1. The van der Waals surface area contributed by atoms with Crippen LogP contribution in [0.25, 0.3) is 0 Å². The average Bonchev–Trinajstić information content (AvgIpc) is 2.55. The predicted octanol–water partition coefficient (Wildman–Crippen LogP) is 3.12. The van der Waals surface area contributed by atoms with Crippen LogP contribution < -0.4 is 10.2 Å². The first-order chi connectivity index (χ1) is 10.6. The Balaban J connectivity index is 2.19. The first kappa shape index (κ1) is 16.3. The number of amides is 1. The SMILES string of the molecule is CCCCNC(=O)c1ccc(N2CCCCC2)c([N+](=O)[O-])c1. The number of piperidine rings is 1. The van der Waals surface area contributed by atoms with Gasteiger partial charge in [0.15, 0.2) is 0 Å². The Morgan fingerprint density at radius 1 is 1.32 bits per heavy atom. The highest BCUT2D eigenvalue weighted by Crippen LogP contribution is 2.31. The molecule has 1 saturated heterocycles. The number of carbonyl (C=O) groups is 1. The fraction of sp³-hybridized carbons (Fsp3) is 0.562. The minimum Gasteiger partial charge on any atom is -0.366 e. The van der Waals surface area contributed by atoms with Gasteiger partial charge in [0.2, 0.25) is 0 Å². The lowest BCUT2D eigenvalue weighted by Gasteiger charge is -2.28. The summed E-state index contributed by atoms with van der Waals surface area (Å²) in [5, 5.41) is 14.1. The van der Waals surface area contributed by atoms with Gasteiger partial charge < -0.3 is 10.2 Å². The van der Waals surface area contributed by atoms with E-state index in [0.717, 1.165) is 38.8 Å². The van der Waals surface area contributed by atoms with Gasteiger partial charge in [-0.3, -0.25) is 14.9 Å². The van der Waals surface area contributed by atoms with Crippen molar-refractivity contribution < 1.29 is 9.72 Å². The molecule has 1 aliphatic rings. The van der Waals surface area contributed by atoms with Crippen molar-refractivity contribution in [1.29, 1.82) is 0 Å². The number of benzene rings is 1. The van der Waals surface area contributed by atoms with Gasteiger partial charge in [0.05, 0.1) is 4.92 Å². The molecule has 1 heterocycles. The fourth-order valence-electron chi connectivity index (χ4n) is 2.69. The maximum atomic E-state index is 12.0. The Kier molecular flexibility index (Phi) is 5.75. The van der Waals surface area contributed by atoms with Crippen molar-refractivity contribution in [2.75, 3.05) is 24.5 Å². The Morgan fingerprint density at radius 2 is 2.05 bits per heavy atom. The van der Waals surface area contributed by atoms with Gasteiger partial charge in [-0.05, 0) is 37.8 Å². The molecule has 0 radical (unpaired) electrons. The molecule has 0 saturated carbocycles. The van der Waals surface area contributed by atoms with Gasteiger partial charge in [-0.25, -0.2) is 0 Å². The van der Waals surface area contributed by atoms with Gasteiger partial charge in [0.1, 0.15) is 5.69 Å². The first-order valence-electron chi connectivity index (χ1n) is 7.95. The van der Waals surface area contributed by atoms with Crippen LogP contribution >= 0.6 is 0 Å². The van der Waals surface area contributed by atoms with Crippen LogP contribution in [0, 0.1) is 10.1 Å². The third-order valence-electron chi connectivity index (χ3n) is 3.95. The highest BCUT2D eigenvalue weighted by Gasteiger charge is 2.22. The summed E-state index contributed by atoms with van der Waals surface area (Å²) < 4.78 is 0. The van der Waals surface area contributed by atoms with Crippen molar-refractivity contribution in [3.8, 4) is 0 Å². The minimum absolute atomic E-state index is 0.0186. The second-order valence-corrected chi connectivity index (χ2v) is 5.62. The van der Waals surface area contributed by atoms with Crippen molar-refractivity contribution in [3.63, 3.8) is 0 Å². The van der Waals surface area contributed by atoms with E-state index in [1.54, 1.807) is 12.1 Å². The zero-order valence-electron chi connectivity index (χ0n) is 13.0. The van der Waals surface area contributed by atoms with Gasteiger partial charge >= 0.3 is 0 Å². The van der Waals surface area contributed by atoms with E-state index in [-0.39, 0.29) is 11.6 Å². The summed E-state index contributed by atoms with van der Waals surface area (Å²) in [6, 6.07) is 4.78. The van der Waals surface area contributed by atoms with E-state index in [0.29, 0.717) is 17.8 Å². The lowest BCUT2D eigenvalue weighted by Crippen LogP contribution is -2.30. The lowest BCUT2D eigenvalue weighted by molar-refractivity contribution is -0.384. The van der Waals surface area contributed by atoms with Gasteiger partial charge in [0, 0.05) is 31.3 Å². The summed E-state index contributed by atoms with van der Waals surface area (Å²) in [5.41, 5.74) is 0.989. The van der Waals surface area contributed by atoms with Crippen LogP contribution in [-0.2, 0) is 0 Å². The zero-order chi connectivity index (χ0) is 15.9. The highest BCUT2D eigenvalue weighted by atomic mass is 16.6. The van der Waals surface area contributed by atoms with E-state index in [2.05, 4.69) is 5.32 Å². The van der Waals surface area contributed by atoms with Crippen LogP contribution in [0.5, 0.6) is 0 Å². The quantitative estimate of drug-likeness (QED) is 0.498. The third-order valence-corrected chi connectivity index (χ3v) is 3.95. The fourth-order valence-corrected chi connectivity index (χ4v) is 2.69. The molecule has 6 nitrogen and oxygen atoms in total. The number of nitro groups is 1. The molecular formula is C16H23N3O3. The molecule has 0 unspecified atom stereocenters. The second-order valence-electron chi connectivity index (χ2n) is 5.62. The largest absolute Gasteiger partial charge is 0.366 e. The van der Waals surface area contributed by atoms with E-state index in [1.165, 1.54) is 12.5 Å². The Labute approximate surface area is 130 Å². The minimum atomic E-state index is -0.396. The van der Waals surface area contributed by atoms with Gasteiger partial charge in [-0.15, -0.1) is 0 Å². The average molecular weight is 305 g/mol. The van der Waals surface area contributed by atoms with E-state index < -0.39 is 4.92 Å². The maximum absolute atomic E-state index is 12.0. The summed E-state index contributed by atoms with van der Waals surface area (Å²) >= 11 is 0. The molecule has 6 heteroatoms. The predicted molar refractivity (Wildman–Crippen MR) is 86.4 cm³/mol. The van der Waals surface area contributed by atoms with Crippen LogP contribution in [0.3, 0.4) is 0 Å². The van der Waals surface area contributed by atoms with Crippen molar-refractivity contribution in [3.05, 3.63) is 33.9 Å². The number of unbranched alkanes of at least 4 members (excludes halogenated alkanes) is 1. The molecule has 120 valence electrons. The van der Waals surface area contributed by atoms with Crippen molar-refractivity contribution in [1.82, 2.24) is 5.32 Å². The molecule has 1 N–H and O–H groups in total. The third kappa shape index (κ3) is 3.96. The number of hydrogen-bond donors (Lipinski definition) is 1. The number of nitrogens with one attached hydrogen (secondary N) is 1. The van der Waals surface area contributed by atoms with Crippen molar-refractivity contribution in [2.45, 2.75) is 39.0 Å². The molecule has 0 atom stereocenters. The van der Waals surface area contributed by atoms with Crippen LogP contribution in [0.1, 0.15) is 49.4 Å². The molecule has 22 heavy (non-hydrogen) atoms.